The van der Waals surface area contributed by atoms with E-state index in [9.17, 15) is 9.59 Å². The zero-order chi connectivity index (χ0) is 18.3. The van der Waals surface area contributed by atoms with E-state index in [4.69, 9.17) is 20.4 Å². The van der Waals surface area contributed by atoms with Gasteiger partial charge in [0.1, 0.15) is 0 Å². The summed E-state index contributed by atoms with van der Waals surface area (Å²) in [6.07, 6.45) is 9.00. The summed E-state index contributed by atoms with van der Waals surface area (Å²) in [5.74, 6) is -2.22. The highest BCUT2D eigenvalue weighted by atomic mass is 16.4. The highest BCUT2D eigenvalue weighted by molar-refractivity contribution is 5.96. The van der Waals surface area contributed by atoms with Gasteiger partial charge in [-0.15, -0.1) is 0 Å². The largest absolute Gasteiger partial charge is 0.478 e. The van der Waals surface area contributed by atoms with Crippen molar-refractivity contribution in [3.63, 3.8) is 0 Å². The summed E-state index contributed by atoms with van der Waals surface area (Å²) in [4.78, 5) is 21.2. The number of hydrogen-bond donors (Lipinski definition) is 4. The molecule has 0 heterocycles. The minimum atomic E-state index is -1.11. The molecule has 4 N–H and O–H groups in total. The van der Waals surface area contributed by atoms with E-state index >= 15 is 0 Å². The lowest BCUT2D eigenvalue weighted by Crippen LogP contribution is -2.06. The monoisotopic (exact) mass is 328 g/mol. The standard InChI is InChI=1S/C9H8O4.C6H12.2CH4O/c1-5-6(8(10)11)3-2-4-7(5)9(12)13;1-2-4-6-5-3-1;2*1-2/h2-4H,1H3,(H,10,11)(H,12,13);1-6H2;2*2H,1H3. The van der Waals surface area contributed by atoms with Crippen LogP contribution in [0.2, 0.25) is 0 Å². The van der Waals surface area contributed by atoms with E-state index in [-0.39, 0.29) is 16.7 Å². The average Bonchev–Trinajstić information content (AvgIpc) is 2.60. The van der Waals surface area contributed by atoms with Gasteiger partial charge in [-0.3, -0.25) is 0 Å². The Morgan fingerprint density at radius 3 is 1.22 bits per heavy atom. The number of rotatable bonds is 2. The van der Waals surface area contributed by atoms with E-state index in [2.05, 4.69) is 0 Å². The number of carboxylic acid groups (broad SMARTS) is 2. The van der Waals surface area contributed by atoms with Gasteiger partial charge in [0.15, 0.2) is 0 Å². The maximum absolute atomic E-state index is 10.6. The van der Waals surface area contributed by atoms with Crippen LogP contribution in [0.15, 0.2) is 18.2 Å². The molecule has 1 aromatic carbocycles. The van der Waals surface area contributed by atoms with Crippen molar-refractivity contribution in [3.05, 3.63) is 34.9 Å². The van der Waals surface area contributed by atoms with Crippen molar-refractivity contribution in [3.8, 4) is 0 Å². The second kappa shape index (κ2) is 15.0. The summed E-state index contributed by atoms with van der Waals surface area (Å²) in [7, 11) is 2.00. The number of aliphatic hydroxyl groups excluding tert-OH is 2. The van der Waals surface area contributed by atoms with Crippen molar-refractivity contribution < 1.29 is 30.0 Å². The third kappa shape index (κ3) is 9.65. The summed E-state index contributed by atoms with van der Waals surface area (Å²) in [5, 5.41) is 31.4. The molecular weight excluding hydrogens is 300 g/mol. The molecule has 0 unspecified atom stereocenters. The van der Waals surface area contributed by atoms with Gasteiger partial charge in [0.2, 0.25) is 0 Å². The molecule has 0 spiro atoms. The number of carboxylic acids is 2. The predicted molar refractivity (Wildman–Crippen MR) is 89.1 cm³/mol. The van der Waals surface area contributed by atoms with Gasteiger partial charge in [-0.25, -0.2) is 9.59 Å². The fraction of sp³-hybridized carbons (Fsp3) is 0.529. The highest BCUT2D eigenvalue weighted by Gasteiger charge is 2.13. The minimum absolute atomic E-state index is 0.0277. The van der Waals surface area contributed by atoms with E-state index < -0.39 is 11.9 Å². The topological polar surface area (TPSA) is 115 Å². The molecule has 0 saturated heterocycles. The SMILES string of the molecule is C1CCCCC1.CO.CO.Cc1c(C(=O)O)cccc1C(=O)O. The maximum Gasteiger partial charge on any atom is 0.335 e. The molecule has 132 valence electrons. The summed E-state index contributed by atoms with van der Waals surface area (Å²) in [5.41, 5.74) is 0.335. The van der Waals surface area contributed by atoms with Crippen LogP contribution in [0, 0.1) is 6.92 Å². The molecule has 6 heteroatoms. The van der Waals surface area contributed by atoms with E-state index in [1.165, 1.54) is 63.6 Å². The molecule has 6 nitrogen and oxygen atoms in total. The lowest BCUT2D eigenvalue weighted by molar-refractivity contribution is 0.0696. The van der Waals surface area contributed by atoms with Crippen molar-refractivity contribution in [2.45, 2.75) is 45.4 Å². The van der Waals surface area contributed by atoms with Crippen molar-refractivity contribution in [2.75, 3.05) is 14.2 Å². The lowest BCUT2D eigenvalue weighted by Gasteiger charge is -2.05. The molecular formula is C17H28O6. The van der Waals surface area contributed by atoms with Crippen LogP contribution in [0.5, 0.6) is 0 Å². The van der Waals surface area contributed by atoms with Crippen LogP contribution in [-0.4, -0.2) is 46.6 Å². The zero-order valence-corrected chi connectivity index (χ0v) is 14.1. The van der Waals surface area contributed by atoms with E-state index in [0.29, 0.717) is 0 Å². The predicted octanol–water partition coefficient (Wildman–Crippen LogP) is 2.95. The summed E-state index contributed by atoms with van der Waals surface area (Å²) < 4.78 is 0. The number of carbonyl (C=O) groups is 2. The first-order chi connectivity index (χ1) is 11.0. The molecule has 0 aromatic heterocycles. The molecule has 1 fully saturated rings. The Kier molecular flexibility index (Phi) is 15.2. The van der Waals surface area contributed by atoms with Crippen molar-refractivity contribution in [2.24, 2.45) is 0 Å². The molecule has 0 amide bonds. The Morgan fingerprint density at radius 2 is 1.00 bits per heavy atom. The van der Waals surface area contributed by atoms with E-state index in [0.717, 1.165) is 14.2 Å². The number of benzene rings is 1. The smallest absolute Gasteiger partial charge is 0.335 e. The third-order valence-electron chi connectivity index (χ3n) is 3.29. The summed E-state index contributed by atoms with van der Waals surface area (Å²) >= 11 is 0. The molecule has 1 aliphatic carbocycles. The molecule has 0 radical (unpaired) electrons. The number of hydrogen-bond acceptors (Lipinski definition) is 4. The summed E-state index contributed by atoms with van der Waals surface area (Å²) in [6, 6.07) is 4.17. The fourth-order valence-corrected chi connectivity index (χ4v) is 2.16. The van der Waals surface area contributed by atoms with Gasteiger partial charge in [-0.05, 0) is 24.6 Å². The second-order valence-electron chi connectivity index (χ2n) is 4.71. The van der Waals surface area contributed by atoms with Gasteiger partial charge in [0.25, 0.3) is 0 Å². The Morgan fingerprint density at radius 1 is 0.739 bits per heavy atom. The van der Waals surface area contributed by atoms with Gasteiger partial charge >= 0.3 is 11.9 Å². The first-order valence-corrected chi connectivity index (χ1v) is 7.49. The average molecular weight is 328 g/mol. The van der Waals surface area contributed by atoms with Crippen LogP contribution in [0.4, 0.5) is 0 Å². The number of aromatic carboxylic acids is 2. The molecule has 1 aromatic rings. The molecule has 0 aliphatic heterocycles. The number of aliphatic hydroxyl groups is 2. The van der Waals surface area contributed by atoms with Crippen LogP contribution < -0.4 is 0 Å². The molecule has 23 heavy (non-hydrogen) atoms. The fourth-order valence-electron chi connectivity index (χ4n) is 2.16. The third-order valence-corrected chi connectivity index (χ3v) is 3.29. The van der Waals surface area contributed by atoms with Gasteiger partial charge in [0.05, 0.1) is 11.1 Å². The molecule has 2 rings (SSSR count). The quantitative estimate of drug-likeness (QED) is 0.663. The molecule has 1 saturated carbocycles. The Hall–Kier alpha value is -1.92. The van der Waals surface area contributed by atoms with Crippen molar-refractivity contribution in [1.82, 2.24) is 0 Å². The first-order valence-electron chi connectivity index (χ1n) is 7.49. The van der Waals surface area contributed by atoms with Crippen LogP contribution in [0.3, 0.4) is 0 Å². The molecule has 0 bridgehead atoms. The Labute approximate surface area is 137 Å². The first kappa shape index (κ1) is 23.3. The summed E-state index contributed by atoms with van der Waals surface area (Å²) in [6.45, 7) is 1.48. The van der Waals surface area contributed by atoms with Gasteiger partial charge in [-0.2, -0.15) is 0 Å². The Bertz CT molecular complexity index is 409. The van der Waals surface area contributed by atoms with E-state index in [1.54, 1.807) is 0 Å². The van der Waals surface area contributed by atoms with Crippen LogP contribution in [0.1, 0.15) is 64.8 Å². The second-order valence-corrected chi connectivity index (χ2v) is 4.71. The van der Waals surface area contributed by atoms with Crippen molar-refractivity contribution in [1.29, 1.82) is 0 Å². The molecule has 0 atom stereocenters. The normalized spacial score (nSPS) is 12.2. The van der Waals surface area contributed by atoms with E-state index in [1.807, 2.05) is 0 Å². The van der Waals surface area contributed by atoms with Crippen LogP contribution in [-0.2, 0) is 0 Å². The lowest BCUT2D eigenvalue weighted by atomic mass is 10.0. The maximum atomic E-state index is 10.6. The van der Waals surface area contributed by atoms with Crippen LogP contribution >= 0.6 is 0 Å². The van der Waals surface area contributed by atoms with Crippen molar-refractivity contribution >= 4 is 11.9 Å². The van der Waals surface area contributed by atoms with Gasteiger partial charge in [-0.1, -0.05) is 44.6 Å². The van der Waals surface area contributed by atoms with Crippen LogP contribution in [0.25, 0.3) is 0 Å². The van der Waals surface area contributed by atoms with Gasteiger partial charge in [0, 0.05) is 14.2 Å². The van der Waals surface area contributed by atoms with Gasteiger partial charge < -0.3 is 20.4 Å². The minimum Gasteiger partial charge on any atom is -0.478 e. The Balaban J connectivity index is 0. The molecule has 1 aliphatic rings. The highest BCUT2D eigenvalue weighted by Crippen LogP contribution is 2.15. The zero-order valence-electron chi connectivity index (χ0n) is 14.1.